The molecule has 0 atom stereocenters. The van der Waals surface area contributed by atoms with Gasteiger partial charge in [0.25, 0.3) is 0 Å². The van der Waals surface area contributed by atoms with Crippen LogP contribution in [-0.2, 0) is 0 Å². The maximum Gasteiger partial charge on any atom is 0.227 e. The number of halogens is 1. The quantitative estimate of drug-likeness (QED) is 0.662. The number of nitrogens with zero attached hydrogens (tertiary/aromatic N) is 2. The molecule has 0 spiro atoms. The van der Waals surface area contributed by atoms with Crippen LogP contribution in [0.25, 0.3) is 22.6 Å². The molecule has 3 aromatic rings. The van der Waals surface area contributed by atoms with Crippen LogP contribution in [0, 0.1) is 6.92 Å². The molecule has 0 bridgehead atoms. The first-order valence-electron chi connectivity index (χ1n) is 7.63. The number of fused-ring (bicyclic) bond motifs is 1. The third-order valence-electron chi connectivity index (χ3n) is 4.25. The molecule has 112 valence electrons. The van der Waals surface area contributed by atoms with Gasteiger partial charge in [-0.25, -0.2) is 4.98 Å². The summed E-state index contributed by atoms with van der Waals surface area (Å²) in [7, 11) is 0. The van der Waals surface area contributed by atoms with Gasteiger partial charge in [-0.3, -0.25) is 0 Å². The predicted molar refractivity (Wildman–Crippen MR) is 90.6 cm³/mol. The summed E-state index contributed by atoms with van der Waals surface area (Å²) in [5, 5.41) is 0.675. The summed E-state index contributed by atoms with van der Waals surface area (Å²) < 4.78 is 5.88. The Bertz CT molecular complexity index is 834. The van der Waals surface area contributed by atoms with Crippen LogP contribution < -0.4 is 4.90 Å². The van der Waals surface area contributed by atoms with Gasteiger partial charge in [0.2, 0.25) is 5.89 Å². The van der Waals surface area contributed by atoms with E-state index in [0.29, 0.717) is 10.9 Å². The smallest absolute Gasteiger partial charge is 0.227 e. The van der Waals surface area contributed by atoms with E-state index in [2.05, 4.69) is 35.0 Å². The van der Waals surface area contributed by atoms with E-state index in [1.165, 1.54) is 24.1 Å². The minimum Gasteiger partial charge on any atom is -0.436 e. The molecule has 0 amide bonds. The molecular formula is C18H17ClN2O. The lowest BCUT2D eigenvalue weighted by molar-refractivity contribution is 0.620. The number of benzene rings is 2. The Hall–Kier alpha value is -2.00. The molecule has 22 heavy (non-hydrogen) atoms. The molecule has 1 aliphatic rings. The highest BCUT2D eigenvalue weighted by Gasteiger charge is 2.16. The van der Waals surface area contributed by atoms with Gasteiger partial charge < -0.3 is 9.32 Å². The molecule has 1 aromatic heterocycles. The second-order valence-corrected chi connectivity index (χ2v) is 6.26. The molecule has 0 radical (unpaired) electrons. The standard InChI is InChI=1S/C18H17ClN2O/c1-12-4-5-13(10-16(12)21-8-2-3-9-21)18-20-15-11-14(19)6-7-17(15)22-18/h4-7,10-11H,2-3,8-9H2,1H3. The van der Waals surface area contributed by atoms with E-state index in [4.69, 9.17) is 16.0 Å². The van der Waals surface area contributed by atoms with Gasteiger partial charge in [-0.15, -0.1) is 0 Å². The van der Waals surface area contributed by atoms with Crippen molar-refractivity contribution in [1.29, 1.82) is 0 Å². The molecule has 0 unspecified atom stereocenters. The number of rotatable bonds is 2. The highest BCUT2D eigenvalue weighted by molar-refractivity contribution is 6.31. The molecule has 2 aromatic carbocycles. The summed E-state index contributed by atoms with van der Waals surface area (Å²) in [6.07, 6.45) is 2.54. The van der Waals surface area contributed by atoms with E-state index in [1.807, 2.05) is 18.2 Å². The van der Waals surface area contributed by atoms with Gasteiger partial charge in [0, 0.05) is 29.4 Å². The number of aromatic nitrogens is 1. The maximum absolute atomic E-state index is 6.02. The van der Waals surface area contributed by atoms with Gasteiger partial charge in [-0.2, -0.15) is 0 Å². The van der Waals surface area contributed by atoms with Gasteiger partial charge in [0.15, 0.2) is 5.58 Å². The van der Waals surface area contributed by atoms with Gasteiger partial charge in [0.1, 0.15) is 5.52 Å². The number of anilines is 1. The van der Waals surface area contributed by atoms with Crippen molar-refractivity contribution in [1.82, 2.24) is 4.98 Å². The van der Waals surface area contributed by atoms with E-state index in [9.17, 15) is 0 Å². The Balaban J connectivity index is 1.78. The number of oxazole rings is 1. The van der Waals surface area contributed by atoms with E-state index >= 15 is 0 Å². The van der Waals surface area contributed by atoms with Gasteiger partial charge in [-0.05, 0) is 55.7 Å². The number of hydrogen-bond donors (Lipinski definition) is 0. The minimum atomic E-state index is 0.651. The van der Waals surface area contributed by atoms with E-state index < -0.39 is 0 Å². The zero-order valence-electron chi connectivity index (χ0n) is 12.5. The number of aryl methyl sites for hydroxylation is 1. The lowest BCUT2D eigenvalue weighted by atomic mass is 10.1. The molecule has 3 nitrogen and oxygen atoms in total. The van der Waals surface area contributed by atoms with Crippen LogP contribution in [0.5, 0.6) is 0 Å². The Kier molecular flexibility index (Phi) is 3.30. The molecule has 0 saturated carbocycles. The van der Waals surface area contributed by atoms with Gasteiger partial charge in [-0.1, -0.05) is 17.7 Å². The van der Waals surface area contributed by atoms with Crippen molar-refractivity contribution in [3.8, 4) is 11.5 Å². The van der Waals surface area contributed by atoms with E-state index in [-0.39, 0.29) is 0 Å². The van der Waals surface area contributed by atoms with Crippen molar-refractivity contribution in [3.63, 3.8) is 0 Å². The van der Waals surface area contributed by atoms with Crippen molar-refractivity contribution in [2.75, 3.05) is 18.0 Å². The van der Waals surface area contributed by atoms with Crippen molar-refractivity contribution in [2.24, 2.45) is 0 Å². The molecule has 1 fully saturated rings. The number of hydrogen-bond acceptors (Lipinski definition) is 3. The Morgan fingerprint density at radius 3 is 2.73 bits per heavy atom. The molecule has 1 saturated heterocycles. The van der Waals surface area contributed by atoms with Gasteiger partial charge in [0.05, 0.1) is 0 Å². The Morgan fingerprint density at radius 1 is 1.09 bits per heavy atom. The van der Waals surface area contributed by atoms with Crippen LogP contribution in [0.3, 0.4) is 0 Å². The summed E-state index contributed by atoms with van der Waals surface area (Å²) >= 11 is 6.02. The molecule has 4 heteroatoms. The monoisotopic (exact) mass is 312 g/mol. The van der Waals surface area contributed by atoms with Crippen LogP contribution in [0.2, 0.25) is 5.02 Å². The highest BCUT2D eigenvalue weighted by Crippen LogP contribution is 2.31. The molecular weight excluding hydrogens is 296 g/mol. The average Bonchev–Trinajstić information content (AvgIpc) is 3.16. The Labute approximate surface area is 134 Å². The van der Waals surface area contributed by atoms with Crippen LogP contribution in [0.4, 0.5) is 5.69 Å². The normalized spacial score (nSPS) is 14.9. The second kappa shape index (κ2) is 5.33. The van der Waals surface area contributed by atoms with Crippen LogP contribution in [0.15, 0.2) is 40.8 Å². The molecule has 1 aliphatic heterocycles. The zero-order valence-corrected chi connectivity index (χ0v) is 13.2. The van der Waals surface area contributed by atoms with E-state index in [0.717, 1.165) is 29.8 Å². The predicted octanol–water partition coefficient (Wildman–Crippen LogP) is 5.06. The maximum atomic E-state index is 6.02. The summed E-state index contributed by atoms with van der Waals surface area (Å²) in [4.78, 5) is 7.01. The first-order valence-corrected chi connectivity index (χ1v) is 8.00. The molecule has 0 N–H and O–H groups in total. The van der Waals surface area contributed by atoms with Crippen molar-refractivity contribution in [2.45, 2.75) is 19.8 Å². The minimum absolute atomic E-state index is 0.651. The fraction of sp³-hybridized carbons (Fsp3) is 0.278. The topological polar surface area (TPSA) is 29.3 Å². The van der Waals surface area contributed by atoms with Crippen molar-refractivity contribution >= 4 is 28.4 Å². The molecule has 0 aliphatic carbocycles. The SMILES string of the molecule is Cc1ccc(-c2nc3cc(Cl)ccc3o2)cc1N1CCCC1. The third-order valence-corrected chi connectivity index (χ3v) is 4.49. The van der Waals surface area contributed by atoms with Crippen molar-refractivity contribution < 1.29 is 4.42 Å². The lowest BCUT2D eigenvalue weighted by Crippen LogP contribution is -2.18. The lowest BCUT2D eigenvalue weighted by Gasteiger charge is -2.20. The van der Waals surface area contributed by atoms with Crippen LogP contribution in [0.1, 0.15) is 18.4 Å². The summed E-state index contributed by atoms with van der Waals surface area (Å²) in [5.74, 6) is 0.651. The average molecular weight is 313 g/mol. The van der Waals surface area contributed by atoms with E-state index in [1.54, 1.807) is 0 Å². The zero-order chi connectivity index (χ0) is 15.1. The highest BCUT2D eigenvalue weighted by atomic mass is 35.5. The van der Waals surface area contributed by atoms with Crippen LogP contribution >= 0.6 is 11.6 Å². The Morgan fingerprint density at radius 2 is 1.91 bits per heavy atom. The summed E-state index contributed by atoms with van der Waals surface area (Å²) in [6.45, 7) is 4.42. The first kappa shape index (κ1) is 13.6. The molecule has 4 rings (SSSR count). The summed E-state index contributed by atoms with van der Waals surface area (Å²) in [6, 6.07) is 11.9. The van der Waals surface area contributed by atoms with Crippen molar-refractivity contribution in [3.05, 3.63) is 47.0 Å². The van der Waals surface area contributed by atoms with Crippen LogP contribution in [-0.4, -0.2) is 18.1 Å². The third kappa shape index (κ3) is 2.35. The fourth-order valence-corrected chi connectivity index (χ4v) is 3.23. The fourth-order valence-electron chi connectivity index (χ4n) is 3.07. The second-order valence-electron chi connectivity index (χ2n) is 5.83. The molecule has 2 heterocycles. The first-order chi connectivity index (χ1) is 10.7. The largest absolute Gasteiger partial charge is 0.436 e. The summed E-state index contributed by atoms with van der Waals surface area (Å²) in [5.41, 5.74) is 5.16. The van der Waals surface area contributed by atoms with Gasteiger partial charge >= 0.3 is 0 Å².